The van der Waals surface area contributed by atoms with Crippen molar-refractivity contribution >= 4 is 0 Å². The molecule has 2 N–H and O–H groups in total. The van der Waals surface area contributed by atoms with Gasteiger partial charge in [0, 0.05) is 12.6 Å². The van der Waals surface area contributed by atoms with Gasteiger partial charge < -0.3 is 10.5 Å². The third-order valence-electron chi connectivity index (χ3n) is 2.88. The smallest absolute Gasteiger partial charge is 0.0695 e. The molecule has 3 unspecified atom stereocenters. The lowest BCUT2D eigenvalue weighted by Gasteiger charge is -2.21. The minimum atomic E-state index is 0.138. The van der Waals surface area contributed by atoms with Crippen molar-refractivity contribution in [1.82, 2.24) is 0 Å². The maximum atomic E-state index is 5.74. The molecule has 0 spiro atoms. The van der Waals surface area contributed by atoms with E-state index >= 15 is 0 Å². The Morgan fingerprint density at radius 3 is 2.29 bits per heavy atom. The topological polar surface area (TPSA) is 35.2 Å². The summed E-state index contributed by atoms with van der Waals surface area (Å²) in [5, 5.41) is 0. The summed E-state index contributed by atoms with van der Waals surface area (Å²) in [6.45, 7) is 9.40. The van der Waals surface area contributed by atoms with E-state index in [4.69, 9.17) is 10.5 Å². The molecule has 0 aromatic carbocycles. The molecule has 3 atom stereocenters. The molecule has 0 saturated carbocycles. The Bertz CT molecular complexity index is 125. The second-order valence-electron chi connectivity index (χ2n) is 4.31. The molecule has 0 aromatic rings. The fourth-order valence-electron chi connectivity index (χ4n) is 1.34. The first kappa shape index (κ1) is 13.9. The average Bonchev–Trinajstić information content (AvgIpc) is 2.17. The molecule has 0 aliphatic rings. The van der Waals surface area contributed by atoms with Crippen molar-refractivity contribution in [2.24, 2.45) is 11.7 Å². The minimum absolute atomic E-state index is 0.138. The van der Waals surface area contributed by atoms with Crippen LogP contribution in [0.2, 0.25) is 0 Å². The normalized spacial score (nSPS) is 17.8. The van der Waals surface area contributed by atoms with E-state index in [1.807, 2.05) is 6.92 Å². The molecule has 0 fully saturated rings. The van der Waals surface area contributed by atoms with Gasteiger partial charge in [-0.3, -0.25) is 0 Å². The van der Waals surface area contributed by atoms with Crippen LogP contribution >= 0.6 is 0 Å². The van der Waals surface area contributed by atoms with E-state index in [0.29, 0.717) is 0 Å². The van der Waals surface area contributed by atoms with Crippen molar-refractivity contribution in [3.63, 3.8) is 0 Å². The SMILES string of the molecule is CCCCC(CC)COC(C)C(C)N. The van der Waals surface area contributed by atoms with Crippen molar-refractivity contribution in [3.8, 4) is 0 Å². The summed E-state index contributed by atoms with van der Waals surface area (Å²) < 4.78 is 5.73. The summed E-state index contributed by atoms with van der Waals surface area (Å²) in [4.78, 5) is 0. The first-order valence-electron chi connectivity index (χ1n) is 5.98. The van der Waals surface area contributed by atoms with Crippen LogP contribution in [0.5, 0.6) is 0 Å². The fourth-order valence-corrected chi connectivity index (χ4v) is 1.34. The fraction of sp³-hybridized carbons (Fsp3) is 1.00. The molecule has 0 bridgehead atoms. The number of rotatable bonds is 8. The van der Waals surface area contributed by atoms with Crippen molar-refractivity contribution in [3.05, 3.63) is 0 Å². The van der Waals surface area contributed by atoms with Crippen LogP contribution in [0.1, 0.15) is 53.4 Å². The molecule has 2 nitrogen and oxygen atoms in total. The molecule has 2 heteroatoms. The summed E-state index contributed by atoms with van der Waals surface area (Å²) in [7, 11) is 0. The van der Waals surface area contributed by atoms with Gasteiger partial charge in [0.25, 0.3) is 0 Å². The molecule has 0 saturated heterocycles. The first-order valence-corrected chi connectivity index (χ1v) is 5.98. The Kier molecular flexibility index (Phi) is 8.20. The predicted molar refractivity (Wildman–Crippen MR) is 62.4 cm³/mol. The van der Waals surface area contributed by atoms with Crippen LogP contribution in [-0.4, -0.2) is 18.8 Å². The summed E-state index contributed by atoms with van der Waals surface area (Å²) in [5.41, 5.74) is 5.74. The van der Waals surface area contributed by atoms with Crippen molar-refractivity contribution in [2.45, 2.75) is 65.5 Å². The molecule has 0 aliphatic carbocycles. The number of hydrogen-bond donors (Lipinski definition) is 1. The Balaban J connectivity index is 3.60. The van der Waals surface area contributed by atoms with Crippen LogP contribution in [0.25, 0.3) is 0 Å². The van der Waals surface area contributed by atoms with E-state index in [9.17, 15) is 0 Å². The predicted octanol–water partition coefficient (Wildman–Crippen LogP) is 2.96. The Hall–Kier alpha value is -0.0800. The molecule has 0 aromatic heterocycles. The second-order valence-corrected chi connectivity index (χ2v) is 4.31. The molecule has 0 amide bonds. The molecular formula is C12H27NO. The summed E-state index contributed by atoms with van der Waals surface area (Å²) in [6.07, 6.45) is 5.28. The maximum Gasteiger partial charge on any atom is 0.0695 e. The second kappa shape index (κ2) is 8.25. The van der Waals surface area contributed by atoms with Gasteiger partial charge in [0.05, 0.1) is 6.10 Å². The molecule has 0 radical (unpaired) electrons. The van der Waals surface area contributed by atoms with Crippen LogP contribution < -0.4 is 5.73 Å². The van der Waals surface area contributed by atoms with Gasteiger partial charge in [0.15, 0.2) is 0 Å². The van der Waals surface area contributed by atoms with Gasteiger partial charge in [0.1, 0.15) is 0 Å². The number of ether oxygens (including phenoxy) is 1. The summed E-state index contributed by atoms with van der Waals surface area (Å²) in [6, 6.07) is 0.138. The zero-order chi connectivity index (χ0) is 11.0. The van der Waals surface area contributed by atoms with E-state index in [1.165, 1.54) is 25.7 Å². The average molecular weight is 201 g/mol. The van der Waals surface area contributed by atoms with Gasteiger partial charge in [-0.1, -0.05) is 33.1 Å². The molecular weight excluding hydrogens is 174 g/mol. The lowest BCUT2D eigenvalue weighted by atomic mass is 10.0. The summed E-state index contributed by atoms with van der Waals surface area (Å²) >= 11 is 0. The Morgan fingerprint density at radius 1 is 1.21 bits per heavy atom. The highest BCUT2D eigenvalue weighted by atomic mass is 16.5. The zero-order valence-electron chi connectivity index (χ0n) is 10.3. The zero-order valence-corrected chi connectivity index (χ0v) is 10.3. The van der Waals surface area contributed by atoms with Crippen molar-refractivity contribution in [1.29, 1.82) is 0 Å². The van der Waals surface area contributed by atoms with Crippen LogP contribution in [0, 0.1) is 5.92 Å². The van der Waals surface area contributed by atoms with Gasteiger partial charge in [-0.25, -0.2) is 0 Å². The first-order chi connectivity index (χ1) is 6.61. The largest absolute Gasteiger partial charge is 0.377 e. The molecule has 0 rings (SSSR count). The number of hydrogen-bond acceptors (Lipinski definition) is 2. The standard InChI is InChI=1S/C12H27NO/c1-5-7-8-12(6-2)9-14-11(4)10(3)13/h10-12H,5-9,13H2,1-4H3. The quantitative estimate of drug-likeness (QED) is 0.655. The van der Waals surface area contributed by atoms with Crippen LogP contribution in [-0.2, 0) is 4.74 Å². The third kappa shape index (κ3) is 6.39. The van der Waals surface area contributed by atoms with Gasteiger partial charge in [-0.2, -0.15) is 0 Å². The van der Waals surface area contributed by atoms with Gasteiger partial charge in [0.2, 0.25) is 0 Å². The highest BCUT2D eigenvalue weighted by Crippen LogP contribution is 2.14. The van der Waals surface area contributed by atoms with E-state index in [2.05, 4.69) is 20.8 Å². The minimum Gasteiger partial charge on any atom is -0.377 e. The third-order valence-corrected chi connectivity index (χ3v) is 2.88. The number of unbranched alkanes of at least 4 members (excludes halogenated alkanes) is 1. The Morgan fingerprint density at radius 2 is 1.86 bits per heavy atom. The van der Waals surface area contributed by atoms with Crippen LogP contribution in [0.15, 0.2) is 0 Å². The van der Waals surface area contributed by atoms with E-state index in [-0.39, 0.29) is 12.1 Å². The Labute approximate surface area is 89.2 Å². The summed E-state index contributed by atoms with van der Waals surface area (Å²) in [5.74, 6) is 0.719. The van der Waals surface area contributed by atoms with Crippen molar-refractivity contribution in [2.75, 3.05) is 6.61 Å². The van der Waals surface area contributed by atoms with E-state index in [1.54, 1.807) is 0 Å². The van der Waals surface area contributed by atoms with Gasteiger partial charge in [-0.05, 0) is 26.2 Å². The lowest BCUT2D eigenvalue weighted by Crippen LogP contribution is -2.32. The van der Waals surface area contributed by atoms with E-state index in [0.717, 1.165) is 12.5 Å². The van der Waals surface area contributed by atoms with Gasteiger partial charge in [-0.15, -0.1) is 0 Å². The highest BCUT2D eigenvalue weighted by molar-refractivity contribution is 4.64. The van der Waals surface area contributed by atoms with Gasteiger partial charge >= 0.3 is 0 Å². The lowest BCUT2D eigenvalue weighted by molar-refractivity contribution is 0.0253. The highest BCUT2D eigenvalue weighted by Gasteiger charge is 2.11. The monoisotopic (exact) mass is 201 g/mol. The van der Waals surface area contributed by atoms with Crippen molar-refractivity contribution < 1.29 is 4.74 Å². The molecule has 14 heavy (non-hydrogen) atoms. The number of nitrogens with two attached hydrogens (primary N) is 1. The molecule has 0 heterocycles. The van der Waals surface area contributed by atoms with Crippen LogP contribution in [0.3, 0.4) is 0 Å². The van der Waals surface area contributed by atoms with E-state index < -0.39 is 0 Å². The maximum absolute atomic E-state index is 5.74. The molecule has 86 valence electrons. The van der Waals surface area contributed by atoms with Crippen LogP contribution in [0.4, 0.5) is 0 Å². The molecule has 0 aliphatic heterocycles.